The van der Waals surface area contributed by atoms with Crippen LogP contribution in [-0.2, 0) is 11.2 Å². The van der Waals surface area contributed by atoms with Crippen LogP contribution in [0.4, 0.5) is 5.69 Å². The minimum absolute atomic E-state index is 0. The van der Waals surface area contributed by atoms with Gasteiger partial charge in [0.2, 0.25) is 0 Å². The Morgan fingerprint density at radius 3 is 2.88 bits per heavy atom. The minimum Gasteiger partial charge on any atom is -0.490 e. The van der Waals surface area contributed by atoms with Crippen LogP contribution in [0.5, 0.6) is 11.5 Å². The third-order valence-electron chi connectivity index (χ3n) is 5.80. The van der Waals surface area contributed by atoms with Crippen molar-refractivity contribution >= 4 is 35.6 Å². The number of nitrogens with one attached hydrogen (secondary N) is 2. The normalized spacial score (nSPS) is 18.5. The van der Waals surface area contributed by atoms with Crippen LogP contribution in [0.2, 0.25) is 0 Å². The molecule has 2 N–H and O–H groups in total. The highest BCUT2D eigenvalue weighted by molar-refractivity contribution is 14.0. The van der Waals surface area contributed by atoms with E-state index in [9.17, 15) is 0 Å². The van der Waals surface area contributed by atoms with Gasteiger partial charge in [-0.05, 0) is 43.7 Å². The molecule has 1 aromatic heterocycles. The molecule has 9 heteroatoms. The molecule has 1 aromatic carbocycles. The molecule has 1 saturated heterocycles. The summed E-state index contributed by atoms with van der Waals surface area (Å²) >= 11 is 0. The van der Waals surface area contributed by atoms with Crippen LogP contribution < -0.4 is 20.1 Å². The average Bonchev–Trinajstić information content (AvgIpc) is 3.43. The molecule has 2 aliphatic rings. The lowest BCUT2D eigenvalue weighted by molar-refractivity contribution is 0.143. The SMILES string of the molecule is COCCN1CCCC1CN=C(NCCc1ccco1)Nc1ccc2c(c1)OCCCO2.I. The first-order valence-corrected chi connectivity index (χ1v) is 11.5. The summed E-state index contributed by atoms with van der Waals surface area (Å²) in [6, 6.07) is 10.3. The van der Waals surface area contributed by atoms with E-state index in [4.69, 9.17) is 23.6 Å². The summed E-state index contributed by atoms with van der Waals surface area (Å²) in [5, 5.41) is 6.89. The number of aliphatic imine (C=N–C) groups is 1. The maximum Gasteiger partial charge on any atom is 0.195 e. The zero-order valence-corrected chi connectivity index (χ0v) is 21.6. The summed E-state index contributed by atoms with van der Waals surface area (Å²) in [6.07, 6.45) is 5.75. The van der Waals surface area contributed by atoms with Crippen molar-refractivity contribution in [3.05, 3.63) is 42.4 Å². The summed E-state index contributed by atoms with van der Waals surface area (Å²) in [5.74, 6) is 3.26. The second-order valence-electron chi connectivity index (χ2n) is 8.11. The zero-order chi connectivity index (χ0) is 22.0. The molecule has 182 valence electrons. The lowest BCUT2D eigenvalue weighted by Gasteiger charge is -2.23. The molecule has 8 nitrogen and oxygen atoms in total. The highest BCUT2D eigenvalue weighted by Crippen LogP contribution is 2.32. The maximum absolute atomic E-state index is 5.84. The number of guanidine groups is 1. The van der Waals surface area contributed by atoms with E-state index in [1.807, 2.05) is 30.3 Å². The molecule has 2 aromatic rings. The van der Waals surface area contributed by atoms with Crippen LogP contribution in [0.25, 0.3) is 0 Å². The molecule has 0 radical (unpaired) electrons. The van der Waals surface area contributed by atoms with Gasteiger partial charge in [-0.2, -0.15) is 0 Å². The number of hydrogen-bond acceptors (Lipinski definition) is 6. The van der Waals surface area contributed by atoms with E-state index in [1.54, 1.807) is 13.4 Å². The molecule has 1 fully saturated rings. The molecule has 3 heterocycles. The fraction of sp³-hybridized carbons (Fsp3) is 0.542. The van der Waals surface area contributed by atoms with Gasteiger partial charge in [-0.3, -0.25) is 9.89 Å². The predicted octanol–water partition coefficient (Wildman–Crippen LogP) is 3.77. The number of hydrogen-bond donors (Lipinski definition) is 2. The third-order valence-corrected chi connectivity index (χ3v) is 5.80. The highest BCUT2D eigenvalue weighted by Gasteiger charge is 2.23. The Bertz CT molecular complexity index is 862. The van der Waals surface area contributed by atoms with Gasteiger partial charge in [-0.25, -0.2) is 0 Å². The number of halogens is 1. The monoisotopic (exact) mass is 570 g/mol. The van der Waals surface area contributed by atoms with E-state index in [-0.39, 0.29) is 24.0 Å². The molecule has 0 bridgehead atoms. The molecule has 0 amide bonds. The Labute approximate surface area is 213 Å². The molecular weight excluding hydrogens is 535 g/mol. The van der Waals surface area contributed by atoms with Crippen molar-refractivity contribution in [1.29, 1.82) is 0 Å². The van der Waals surface area contributed by atoms with Gasteiger partial charge < -0.3 is 29.3 Å². The number of ether oxygens (including phenoxy) is 3. The maximum atomic E-state index is 5.84. The van der Waals surface area contributed by atoms with Crippen LogP contribution in [0.3, 0.4) is 0 Å². The van der Waals surface area contributed by atoms with E-state index in [2.05, 4.69) is 15.5 Å². The minimum atomic E-state index is 0. The number of benzene rings is 1. The largest absolute Gasteiger partial charge is 0.490 e. The van der Waals surface area contributed by atoms with Gasteiger partial charge in [0, 0.05) is 50.8 Å². The molecule has 1 atom stereocenters. The van der Waals surface area contributed by atoms with Gasteiger partial charge in [-0.15, -0.1) is 24.0 Å². The summed E-state index contributed by atoms with van der Waals surface area (Å²) in [6.45, 7) is 5.63. The molecule has 0 saturated carbocycles. The van der Waals surface area contributed by atoms with Gasteiger partial charge in [0.05, 0.1) is 32.6 Å². The second-order valence-corrected chi connectivity index (χ2v) is 8.11. The molecular formula is C24H35IN4O4. The van der Waals surface area contributed by atoms with Crippen LogP contribution in [0, 0.1) is 0 Å². The average molecular weight is 570 g/mol. The number of furan rings is 1. The Morgan fingerprint density at radius 1 is 1.18 bits per heavy atom. The van der Waals surface area contributed by atoms with E-state index in [1.165, 1.54) is 6.42 Å². The highest BCUT2D eigenvalue weighted by atomic mass is 127. The Kier molecular flexibility index (Phi) is 10.6. The third kappa shape index (κ3) is 7.79. The first kappa shape index (κ1) is 25.6. The van der Waals surface area contributed by atoms with Gasteiger partial charge in [-0.1, -0.05) is 0 Å². The quantitative estimate of drug-likeness (QED) is 0.270. The molecule has 0 spiro atoms. The van der Waals surface area contributed by atoms with Crippen molar-refractivity contribution in [3.63, 3.8) is 0 Å². The predicted molar refractivity (Wildman–Crippen MR) is 140 cm³/mol. The molecule has 33 heavy (non-hydrogen) atoms. The second kappa shape index (κ2) is 13.7. The fourth-order valence-electron chi connectivity index (χ4n) is 4.08. The van der Waals surface area contributed by atoms with Crippen molar-refractivity contribution in [3.8, 4) is 11.5 Å². The molecule has 2 aliphatic heterocycles. The standard InChI is InChI=1S/C24H34N4O4.HI/c1-29-16-12-28-11-2-5-20(28)18-26-24(25-10-9-21-6-3-13-30-21)27-19-7-8-22-23(17-19)32-15-4-14-31-22;/h3,6-8,13,17,20H,2,4-5,9-12,14-16,18H2,1H3,(H2,25,26,27);1H. The van der Waals surface area contributed by atoms with Crippen LogP contribution in [0.1, 0.15) is 25.0 Å². The number of rotatable bonds is 9. The van der Waals surface area contributed by atoms with Crippen molar-refractivity contribution in [2.24, 2.45) is 4.99 Å². The molecule has 1 unspecified atom stereocenters. The number of likely N-dealkylation sites (tertiary alicyclic amines) is 1. The lowest BCUT2D eigenvalue weighted by atomic mass is 10.2. The van der Waals surface area contributed by atoms with E-state index in [0.717, 1.165) is 81.0 Å². The van der Waals surface area contributed by atoms with Crippen LogP contribution >= 0.6 is 24.0 Å². The Balaban J connectivity index is 0.00000306. The zero-order valence-electron chi connectivity index (χ0n) is 19.3. The van der Waals surface area contributed by atoms with E-state index >= 15 is 0 Å². The van der Waals surface area contributed by atoms with Crippen LogP contribution in [0.15, 0.2) is 46.0 Å². The number of nitrogens with zero attached hydrogens (tertiary/aromatic N) is 2. The molecule has 4 rings (SSSR count). The fourth-order valence-corrected chi connectivity index (χ4v) is 4.08. The van der Waals surface area contributed by atoms with Crippen LogP contribution in [-0.4, -0.2) is 70.0 Å². The van der Waals surface area contributed by atoms with E-state index in [0.29, 0.717) is 19.3 Å². The Morgan fingerprint density at radius 2 is 2.06 bits per heavy atom. The smallest absolute Gasteiger partial charge is 0.195 e. The number of fused-ring (bicyclic) bond motifs is 1. The first-order valence-electron chi connectivity index (χ1n) is 11.5. The topological polar surface area (TPSA) is 80.5 Å². The lowest BCUT2D eigenvalue weighted by Crippen LogP contribution is -2.37. The summed E-state index contributed by atoms with van der Waals surface area (Å²) in [5.41, 5.74) is 0.918. The Hall–Kier alpha value is -1.98. The molecule has 0 aliphatic carbocycles. The summed E-state index contributed by atoms with van der Waals surface area (Å²) in [4.78, 5) is 7.39. The van der Waals surface area contributed by atoms with Gasteiger partial charge in [0.25, 0.3) is 0 Å². The van der Waals surface area contributed by atoms with Crippen molar-refractivity contribution < 1.29 is 18.6 Å². The van der Waals surface area contributed by atoms with Crippen molar-refractivity contribution in [2.75, 3.05) is 58.4 Å². The van der Waals surface area contributed by atoms with Crippen molar-refractivity contribution in [1.82, 2.24) is 10.2 Å². The number of methoxy groups -OCH3 is 1. The van der Waals surface area contributed by atoms with Crippen molar-refractivity contribution in [2.45, 2.75) is 31.7 Å². The first-order chi connectivity index (χ1) is 15.8. The summed E-state index contributed by atoms with van der Waals surface area (Å²) < 4.78 is 22.3. The summed E-state index contributed by atoms with van der Waals surface area (Å²) in [7, 11) is 1.75. The number of anilines is 1. The van der Waals surface area contributed by atoms with Gasteiger partial charge >= 0.3 is 0 Å². The van der Waals surface area contributed by atoms with Gasteiger partial charge in [0.1, 0.15) is 5.76 Å². The van der Waals surface area contributed by atoms with Gasteiger partial charge in [0.15, 0.2) is 17.5 Å². The van der Waals surface area contributed by atoms with E-state index < -0.39 is 0 Å².